The summed E-state index contributed by atoms with van der Waals surface area (Å²) in [5.74, 6) is 0.899. The van der Waals surface area contributed by atoms with Gasteiger partial charge in [0.05, 0.1) is 30.1 Å². The van der Waals surface area contributed by atoms with Crippen LogP contribution in [-0.4, -0.2) is 77.2 Å². The van der Waals surface area contributed by atoms with E-state index >= 15 is 0 Å². The van der Waals surface area contributed by atoms with Crippen molar-refractivity contribution in [1.82, 2.24) is 14.9 Å². The SMILES string of the molecule is CS(=O)(=O)C1=CCC2C(=C1)C=CN2c1cc(OC2CC(CO)N(C(=O)O)C2)ncn1. The highest BCUT2D eigenvalue weighted by Crippen LogP contribution is 2.34. The van der Waals surface area contributed by atoms with Crippen molar-refractivity contribution in [3.63, 3.8) is 0 Å². The Kier molecular flexibility index (Phi) is 5.24. The fourth-order valence-electron chi connectivity index (χ4n) is 3.95. The van der Waals surface area contributed by atoms with Crippen molar-refractivity contribution in [2.24, 2.45) is 0 Å². The van der Waals surface area contributed by atoms with E-state index in [9.17, 15) is 23.4 Å². The molecule has 0 bridgehead atoms. The van der Waals surface area contributed by atoms with Gasteiger partial charge in [-0.3, -0.25) is 4.90 Å². The maximum Gasteiger partial charge on any atom is 0.407 e. The molecule has 1 aliphatic carbocycles. The third-order valence-electron chi connectivity index (χ3n) is 5.44. The minimum atomic E-state index is -3.26. The van der Waals surface area contributed by atoms with E-state index in [1.54, 1.807) is 18.2 Å². The number of ether oxygens (including phenoxy) is 1. The number of carboxylic acid groups (broad SMARTS) is 1. The van der Waals surface area contributed by atoms with E-state index < -0.39 is 28.1 Å². The normalized spacial score (nSPS) is 25.7. The minimum absolute atomic E-state index is 0.0639. The number of fused-ring (bicyclic) bond motifs is 1. The largest absolute Gasteiger partial charge is 0.472 e. The quantitative estimate of drug-likeness (QED) is 0.694. The summed E-state index contributed by atoms with van der Waals surface area (Å²) < 4.78 is 29.5. The van der Waals surface area contributed by atoms with Crippen LogP contribution in [0.3, 0.4) is 0 Å². The number of likely N-dealkylation sites (tertiary alicyclic amines) is 1. The van der Waals surface area contributed by atoms with E-state index in [1.165, 1.54) is 17.5 Å². The lowest BCUT2D eigenvalue weighted by atomic mass is 10.0. The second-order valence-electron chi connectivity index (χ2n) is 7.46. The summed E-state index contributed by atoms with van der Waals surface area (Å²) in [6.45, 7) is -0.113. The molecule has 2 N–H and O–H groups in total. The minimum Gasteiger partial charge on any atom is -0.472 e. The molecule has 0 radical (unpaired) electrons. The van der Waals surface area contributed by atoms with Crippen molar-refractivity contribution in [3.8, 4) is 5.88 Å². The molecule has 3 aliphatic rings. The van der Waals surface area contributed by atoms with Crippen LogP contribution in [-0.2, 0) is 9.84 Å². The third kappa shape index (κ3) is 3.90. The number of rotatable bonds is 5. The van der Waals surface area contributed by atoms with Gasteiger partial charge in [0.25, 0.3) is 0 Å². The van der Waals surface area contributed by atoms with Crippen LogP contribution in [0.25, 0.3) is 0 Å². The molecule has 1 fully saturated rings. The molecule has 3 unspecified atom stereocenters. The highest BCUT2D eigenvalue weighted by Gasteiger charge is 2.36. The Hall–Kier alpha value is -2.92. The van der Waals surface area contributed by atoms with Gasteiger partial charge in [-0.1, -0.05) is 6.08 Å². The first kappa shape index (κ1) is 20.4. The fraction of sp³-hybridized carbons (Fsp3) is 0.421. The Labute approximate surface area is 173 Å². The van der Waals surface area contributed by atoms with Gasteiger partial charge in [-0.05, 0) is 24.1 Å². The number of nitrogens with zero attached hydrogens (tertiary/aromatic N) is 4. The molecule has 10 nitrogen and oxygen atoms in total. The number of carbonyl (C=O) groups is 1. The summed E-state index contributed by atoms with van der Waals surface area (Å²) in [7, 11) is -3.26. The van der Waals surface area contributed by atoms with Crippen molar-refractivity contribution < 1.29 is 28.2 Å². The zero-order chi connectivity index (χ0) is 21.5. The molecular formula is C19H22N4O6S. The molecule has 4 rings (SSSR count). The van der Waals surface area contributed by atoms with E-state index in [-0.39, 0.29) is 19.2 Å². The summed E-state index contributed by atoms with van der Waals surface area (Å²) in [4.78, 5) is 23.1. The van der Waals surface area contributed by atoms with E-state index in [0.717, 1.165) is 5.57 Å². The zero-order valence-corrected chi connectivity index (χ0v) is 17.1. The molecule has 30 heavy (non-hydrogen) atoms. The molecular weight excluding hydrogens is 412 g/mol. The number of anilines is 1. The van der Waals surface area contributed by atoms with Crippen molar-refractivity contribution in [2.75, 3.05) is 24.3 Å². The van der Waals surface area contributed by atoms with Crippen LogP contribution < -0.4 is 9.64 Å². The Morgan fingerprint density at radius 2 is 2.17 bits per heavy atom. The standard InChI is InChI=1S/C19H22N4O6S/c1-30(27,28)15-2-3-16-12(6-15)4-5-22(16)17-8-18(21-11-20-17)29-14-7-13(10-24)23(9-14)19(25)26/h2,4-6,8,11,13-14,16,24H,3,7,9-10H2,1H3,(H,25,26). The number of aliphatic hydroxyl groups excluding tert-OH is 1. The second-order valence-corrected chi connectivity index (χ2v) is 9.47. The lowest BCUT2D eigenvalue weighted by molar-refractivity contribution is 0.116. The van der Waals surface area contributed by atoms with Gasteiger partial charge in [0.15, 0.2) is 9.84 Å². The maximum absolute atomic E-state index is 11.8. The molecule has 3 heterocycles. The number of amides is 1. The predicted octanol–water partition coefficient (Wildman–Crippen LogP) is 0.929. The lowest BCUT2D eigenvalue weighted by Crippen LogP contribution is -2.37. The second kappa shape index (κ2) is 7.73. The van der Waals surface area contributed by atoms with Gasteiger partial charge in [0, 0.05) is 24.9 Å². The topological polar surface area (TPSA) is 133 Å². The van der Waals surface area contributed by atoms with Gasteiger partial charge in [-0.2, -0.15) is 0 Å². The Morgan fingerprint density at radius 3 is 2.83 bits per heavy atom. The van der Waals surface area contributed by atoms with Crippen molar-refractivity contribution in [2.45, 2.75) is 31.0 Å². The van der Waals surface area contributed by atoms with Gasteiger partial charge in [0.1, 0.15) is 18.2 Å². The predicted molar refractivity (Wildman–Crippen MR) is 108 cm³/mol. The summed E-state index contributed by atoms with van der Waals surface area (Å²) in [6, 6.07) is 1.10. The van der Waals surface area contributed by atoms with Crippen LogP contribution >= 0.6 is 0 Å². The molecule has 160 valence electrons. The fourth-order valence-corrected chi connectivity index (χ4v) is 4.70. The van der Waals surface area contributed by atoms with Crippen LogP contribution in [0, 0.1) is 0 Å². The average molecular weight is 434 g/mol. The monoisotopic (exact) mass is 434 g/mol. The number of aromatic nitrogens is 2. The highest BCUT2D eigenvalue weighted by molar-refractivity contribution is 7.94. The van der Waals surface area contributed by atoms with E-state index in [2.05, 4.69) is 9.97 Å². The van der Waals surface area contributed by atoms with Crippen LogP contribution in [0.15, 0.2) is 47.3 Å². The number of sulfone groups is 1. The molecule has 2 aliphatic heterocycles. The lowest BCUT2D eigenvalue weighted by Gasteiger charge is -2.27. The maximum atomic E-state index is 11.8. The van der Waals surface area contributed by atoms with Crippen LogP contribution in [0.2, 0.25) is 0 Å². The molecule has 1 amide bonds. The van der Waals surface area contributed by atoms with Crippen molar-refractivity contribution in [3.05, 3.63) is 47.3 Å². The highest BCUT2D eigenvalue weighted by atomic mass is 32.2. The molecule has 0 saturated carbocycles. The van der Waals surface area contributed by atoms with Crippen LogP contribution in [0.1, 0.15) is 12.8 Å². The molecule has 0 aromatic carbocycles. The average Bonchev–Trinajstić information content (AvgIpc) is 3.31. The molecule has 1 aromatic heterocycles. The molecule has 11 heteroatoms. The Bertz CT molecular complexity index is 1050. The number of hydrogen-bond acceptors (Lipinski definition) is 8. The number of hydrogen-bond donors (Lipinski definition) is 2. The van der Waals surface area contributed by atoms with Gasteiger partial charge in [-0.15, -0.1) is 0 Å². The Balaban J connectivity index is 1.48. The van der Waals surface area contributed by atoms with Crippen molar-refractivity contribution in [1.29, 1.82) is 0 Å². The smallest absolute Gasteiger partial charge is 0.407 e. The summed E-state index contributed by atoms with van der Waals surface area (Å²) in [5.41, 5.74) is 0.887. The number of allylic oxidation sites excluding steroid dienone is 1. The third-order valence-corrected chi connectivity index (χ3v) is 6.58. The van der Waals surface area contributed by atoms with E-state index in [0.29, 0.717) is 29.4 Å². The van der Waals surface area contributed by atoms with Gasteiger partial charge >= 0.3 is 6.09 Å². The molecule has 0 spiro atoms. The van der Waals surface area contributed by atoms with E-state index in [4.69, 9.17) is 4.74 Å². The summed E-state index contributed by atoms with van der Waals surface area (Å²) in [5, 5.41) is 18.6. The number of aliphatic hydroxyl groups is 1. The van der Waals surface area contributed by atoms with Gasteiger partial charge < -0.3 is 19.8 Å². The van der Waals surface area contributed by atoms with E-state index in [1.807, 2.05) is 17.2 Å². The first-order valence-corrected chi connectivity index (χ1v) is 11.3. The molecule has 3 atom stereocenters. The van der Waals surface area contributed by atoms with Gasteiger partial charge in [-0.25, -0.2) is 23.2 Å². The molecule has 1 saturated heterocycles. The summed E-state index contributed by atoms with van der Waals surface area (Å²) in [6.07, 6.45) is 9.03. The summed E-state index contributed by atoms with van der Waals surface area (Å²) >= 11 is 0. The van der Waals surface area contributed by atoms with Crippen molar-refractivity contribution >= 4 is 21.7 Å². The Morgan fingerprint density at radius 1 is 1.37 bits per heavy atom. The first-order chi connectivity index (χ1) is 14.3. The first-order valence-electron chi connectivity index (χ1n) is 9.43. The van der Waals surface area contributed by atoms with Crippen LogP contribution in [0.4, 0.5) is 10.6 Å². The zero-order valence-electron chi connectivity index (χ0n) is 16.2. The molecule has 1 aromatic rings. The van der Waals surface area contributed by atoms with Crippen LogP contribution in [0.5, 0.6) is 5.88 Å². The van der Waals surface area contributed by atoms with Gasteiger partial charge in [0.2, 0.25) is 5.88 Å².